The summed E-state index contributed by atoms with van der Waals surface area (Å²) in [5.41, 5.74) is -2.01. The standard InChI is InChI=1S/C20H20ClFN6O3/c21-11-7-12(25-14-8-15(24-9-23-14)26-17(29)10-4-5-10)19(31)28-16(11)18(30)27-20(28)6-2-1-3-13(20)22/h7-10,13H,1-6H2,(H,27,30)(H2,23,24,25,26,29). The van der Waals surface area contributed by atoms with E-state index in [1.54, 1.807) is 0 Å². The molecule has 1 spiro atoms. The molecular weight excluding hydrogens is 427 g/mol. The van der Waals surface area contributed by atoms with E-state index in [0.717, 1.165) is 17.4 Å². The first-order chi connectivity index (χ1) is 14.9. The molecule has 2 unspecified atom stereocenters. The minimum Gasteiger partial charge on any atom is -0.336 e. The van der Waals surface area contributed by atoms with Crippen LogP contribution in [0.25, 0.3) is 0 Å². The van der Waals surface area contributed by atoms with Crippen molar-refractivity contribution >= 4 is 40.7 Å². The molecule has 5 rings (SSSR count). The molecule has 31 heavy (non-hydrogen) atoms. The monoisotopic (exact) mass is 446 g/mol. The molecular formula is C20H20ClFN6O3. The van der Waals surface area contributed by atoms with Gasteiger partial charge in [-0.25, -0.2) is 14.4 Å². The maximum absolute atomic E-state index is 15.0. The molecule has 2 aromatic rings. The summed E-state index contributed by atoms with van der Waals surface area (Å²) in [6, 6.07) is 2.82. The Bertz CT molecular complexity index is 1150. The third-order valence-corrected chi connectivity index (χ3v) is 6.30. The highest BCUT2D eigenvalue weighted by Crippen LogP contribution is 2.40. The van der Waals surface area contributed by atoms with Crippen molar-refractivity contribution in [2.75, 3.05) is 10.6 Å². The molecule has 2 saturated carbocycles. The second-order valence-electron chi connectivity index (χ2n) is 8.16. The fourth-order valence-electron chi connectivity index (χ4n) is 4.29. The molecule has 2 amide bonds. The molecule has 3 N–H and O–H groups in total. The van der Waals surface area contributed by atoms with E-state index in [1.807, 2.05) is 0 Å². The largest absolute Gasteiger partial charge is 0.336 e. The zero-order valence-electron chi connectivity index (χ0n) is 16.5. The molecule has 2 aliphatic carbocycles. The van der Waals surface area contributed by atoms with Gasteiger partial charge in [-0.15, -0.1) is 0 Å². The lowest BCUT2D eigenvalue weighted by molar-refractivity contribution is -0.117. The molecule has 0 bridgehead atoms. The van der Waals surface area contributed by atoms with Gasteiger partial charge >= 0.3 is 0 Å². The van der Waals surface area contributed by atoms with Gasteiger partial charge in [0, 0.05) is 12.0 Å². The summed E-state index contributed by atoms with van der Waals surface area (Å²) < 4.78 is 16.2. The molecule has 11 heteroatoms. The highest BCUT2D eigenvalue weighted by molar-refractivity contribution is 6.34. The molecule has 2 fully saturated rings. The van der Waals surface area contributed by atoms with Crippen LogP contribution in [0, 0.1) is 5.92 Å². The number of fused-ring (bicyclic) bond motifs is 2. The van der Waals surface area contributed by atoms with Crippen molar-refractivity contribution in [3.63, 3.8) is 0 Å². The summed E-state index contributed by atoms with van der Waals surface area (Å²) in [4.78, 5) is 45.9. The third-order valence-electron chi connectivity index (χ3n) is 6.01. The number of alkyl halides is 1. The van der Waals surface area contributed by atoms with E-state index in [1.165, 1.54) is 18.5 Å². The molecule has 9 nitrogen and oxygen atoms in total. The lowest BCUT2D eigenvalue weighted by Crippen LogP contribution is -2.55. The molecule has 2 aromatic heterocycles. The van der Waals surface area contributed by atoms with Crippen molar-refractivity contribution in [3.8, 4) is 0 Å². The molecule has 0 aromatic carbocycles. The number of aromatic nitrogens is 3. The van der Waals surface area contributed by atoms with E-state index in [-0.39, 0.29) is 40.5 Å². The van der Waals surface area contributed by atoms with Crippen molar-refractivity contribution in [1.29, 1.82) is 0 Å². The zero-order chi connectivity index (χ0) is 21.8. The first-order valence-electron chi connectivity index (χ1n) is 10.2. The third kappa shape index (κ3) is 3.34. The average molecular weight is 447 g/mol. The van der Waals surface area contributed by atoms with E-state index in [4.69, 9.17) is 11.6 Å². The first kappa shape index (κ1) is 19.9. The van der Waals surface area contributed by atoms with Gasteiger partial charge in [-0.3, -0.25) is 19.0 Å². The molecule has 162 valence electrons. The second-order valence-corrected chi connectivity index (χ2v) is 8.57. The topological polar surface area (TPSA) is 118 Å². The Morgan fingerprint density at radius 3 is 2.71 bits per heavy atom. The highest BCUT2D eigenvalue weighted by atomic mass is 35.5. The van der Waals surface area contributed by atoms with Gasteiger partial charge in [0.2, 0.25) is 5.91 Å². The maximum Gasteiger partial charge on any atom is 0.277 e. The fourth-order valence-corrected chi connectivity index (χ4v) is 4.57. The number of nitrogens with zero attached hydrogens (tertiary/aromatic N) is 3. The van der Waals surface area contributed by atoms with Crippen LogP contribution >= 0.6 is 11.6 Å². The molecule has 1 aliphatic heterocycles. The van der Waals surface area contributed by atoms with Crippen molar-refractivity contribution < 1.29 is 14.0 Å². The highest BCUT2D eigenvalue weighted by Gasteiger charge is 2.52. The number of halogens is 2. The number of amides is 2. The van der Waals surface area contributed by atoms with Crippen molar-refractivity contribution in [2.45, 2.75) is 50.4 Å². The number of hydrogen-bond donors (Lipinski definition) is 3. The van der Waals surface area contributed by atoms with E-state index in [9.17, 15) is 14.4 Å². The number of carbonyl (C=O) groups is 2. The Morgan fingerprint density at radius 1 is 1.19 bits per heavy atom. The van der Waals surface area contributed by atoms with Gasteiger partial charge in [-0.2, -0.15) is 0 Å². The summed E-state index contributed by atoms with van der Waals surface area (Å²) in [7, 11) is 0. The van der Waals surface area contributed by atoms with Gasteiger partial charge in [0.05, 0.1) is 5.02 Å². The number of rotatable bonds is 4. The lowest BCUT2D eigenvalue weighted by Gasteiger charge is -2.38. The minimum absolute atomic E-state index is 0.0110. The van der Waals surface area contributed by atoms with Crippen LogP contribution in [0.15, 0.2) is 23.3 Å². The Hall–Kier alpha value is -3.01. The quantitative estimate of drug-likeness (QED) is 0.664. The average Bonchev–Trinajstić information content (AvgIpc) is 3.53. The maximum atomic E-state index is 15.0. The molecule has 0 radical (unpaired) electrons. The van der Waals surface area contributed by atoms with Gasteiger partial charge in [0.15, 0.2) is 5.66 Å². The number of anilines is 3. The Balaban J connectivity index is 1.51. The summed E-state index contributed by atoms with van der Waals surface area (Å²) in [6.07, 6.45) is 3.48. The van der Waals surface area contributed by atoms with Crippen LogP contribution in [0.3, 0.4) is 0 Å². The lowest BCUT2D eigenvalue weighted by atomic mass is 9.87. The number of nitrogens with one attached hydrogen (secondary N) is 3. The Morgan fingerprint density at radius 2 is 1.97 bits per heavy atom. The van der Waals surface area contributed by atoms with E-state index in [0.29, 0.717) is 25.1 Å². The van der Waals surface area contributed by atoms with Crippen LogP contribution in [0.1, 0.15) is 49.0 Å². The van der Waals surface area contributed by atoms with E-state index >= 15 is 4.39 Å². The molecule has 3 heterocycles. The molecule has 2 atom stereocenters. The fraction of sp³-hybridized carbons (Fsp3) is 0.450. The number of hydrogen-bond acceptors (Lipinski definition) is 6. The first-order valence-corrected chi connectivity index (χ1v) is 10.6. The van der Waals surface area contributed by atoms with Crippen LogP contribution < -0.4 is 21.5 Å². The Labute approximate surface area is 181 Å². The predicted octanol–water partition coefficient (Wildman–Crippen LogP) is 2.69. The van der Waals surface area contributed by atoms with Gasteiger partial charge < -0.3 is 16.0 Å². The predicted molar refractivity (Wildman–Crippen MR) is 111 cm³/mol. The summed E-state index contributed by atoms with van der Waals surface area (Å²) in [5, 5.41) is 8.28. The van der Waals surface area contributed by atoms with E-state index in [2.05, 4.69) is 25.9 Å². The number of pyridine rings is 1. The normalized spacial score (nSPS) is 24.6. The summed E-state index contributed by atoms with van der Waals surface area (Å²) in [5.74, 6) is -0.113. The SMILES string of the molecule is O=C1NC2(CCCCC2F)n2c1c(Cl)cc(Nc1cc(NC(=O)C3CC3)ncn1)c2=O. The zero-order valence-corrected chi connectivity index (χ0v) is 17.2. The van der Waals surface area contributed by atoms with Gasteiger partial charge in [0.1, 0.15) is 35.5 Å². The van der Waals surface area contributed by atoms with Crippen LogP contribution in [-0.4, -0.2) is 32.5 Å². The summed E-state index contributed by atoms with van der Waals surface area (Å²) >= 11 is 6.33. The van der Waals surface area contributed by atoms with Crippen LogP contribution in [0.4, 0.5) is 21.7 Å². The van der Waals surface area contributed by atoms with Crippen LogP contribution in [0.2, 0.25) is 5.02 Å². The summed E-state index contributed by atoms with van der Waals surface area (Å²) in [6.45, 7) is 0. The van der Waals surface area contributed by atoms with Crippen molar-refractivity contribution in [3.05, 3.63) is 39.5 Å². The van der Waals surface area contributed by atoms with Crippen LogP contribution in [-0.2, 0) is 10.5 Å². The van der Waals surface area contributed by atoms with Crippen molar-refractivity contribution in [2.24, 2.45) is 5.92 Å². The van der Waals surface area contributed by atoms with Crippen molar-refractivity contribution in [1.82, 2.24) is 19.9 Å². The van der Waals surface area contributed by atoms with Gasteiger partial charge in [-0.1, -0.05) is 18.0 Å². The van der Waals surface area contributed by atoms with Crippen LogP contribution in [0.5, 0.6) is 0 Å². The minimum atomic E-state index is -1.43. The molecule has 3 aliphatic rings. The van der Waals surface area contributed by atoms with Gasteiger partial charge in [-0.05, 0) is 38.2 Å². The smallest absolute Gasteiger partial charge is 0.277 e. The molecule has 0 saturated heterocycles. The Kier molecular flexibility index (Phi) is 4.69. The second kappa shape index (κ2) is 7.30. The number of carbonyl (C=O) groups excluding carboxylic acids is 2. The van der Waals surface area contributed by atoms with Gasteiger partial charge in [0.25, 0.3) is 11.5 Å². The van der Waals surface area contributed by atoms with E-state index < -0.39 is 23.3 Å².